The number of ether oxygens (including phenoxy) is 5. The number of alkyl carbamates (subject to hydrolysis) is 1. The summed E-state index contributed by atoms with van der Waals surface area (Å²) in [6.45, 7) is 0.0137. The Labute approximate surface area is 280 Å². The van der Waals surface area contributed by atoms with Crippen molar-refractivity contribution < 1.29 is 47.3 Å². The van der Waals surface area contributed by atoms with Crippen LogP contribution in [0.1, 0.15) is 34.3 Å². The number of benzene rings is 4. The van der Waals surface area contributed by atoms with Gasteiger partial charge in [-0.15, -0.1) is 0 Å². The normalized spacial score (nSPS) is 11.2. The average molecular weight is 666 g/mol. The van der Waals surface area contributed by atoms with Crippen molar-refractivity contribution in [3.63, 3.8) is 0 Å². The van der Waals surface area contributed by atoms with Gasteiger partial charge in [-0.2, -0.15) is 0 Å². The molecule has 250 valence electrons. The van der Waals surface area contributed by atoms with Crippen molar-refractivity contribution in [2.24, 2.45) is 0 Å². The van der Waals surface area contributed by atoms with Crippen LogP contribution in [-0.2, 0) is 37.0 Å². The third-order valence-corrected chi connectivity index (χ3v) is 7.11. The first-order valence-corrected chi connectivity index (χ1v) is 15.1. The van der Waals surface area contributed by atoms with Crippen molar-refractivity contribution in [3.05, 3.63) is 136 Å². The fourth-order valence-corrected chi connectivity index (χ4v) is 4.54. The predicted molar refractivity (Wildman–Crippen MR) is 175 cm³/mol. The highest BCUT2D eigenvalue weighted by Crippen LogP contribution is 2.25. The first-order chi connectivity index (χ1) is 23.8. The Morgan fingerprint density at radius 3 is 2.06 bits per heavy atom. The van der Waals surface area contributed by atoms with Gasteiger partial charge in [0.1, 0.15) is 42.6 Å². The molecule has 5 aromatic rings. The van der Waals surface area contributed by atoms with Crippen LogP contribution in [0.2, 0.25) is 0 Å². The molecule has 1 N–H and O–H groups in total. The zero-order valence-corrected chi connectivity index (χ0v) is 26.3. The molecular weight excluding hydrogens is 634 g/mol. The summed E-state index contributed by atoms with van der Waals surface area (Å²) in [6, 6.07) is 26.9. The van der Waals surface area contributed by atoms with Crippen molar-refractivity contribution >= 4 is 35.0 Å². The molecule has 12 heteroatoms. The molecule has 5 rings (SSSR count). The molecule has 12 nitrogen and oxygen atoms in total. The summed E-state index contributed by atoms with van der Waals surface area (Å²) >= 11 is 0. The van der Waals surface area contributed by atoms with Crippen LogP contribution in [0, 0.1) is 0 Å². The molecule has 1 amide bonds. The molecule has 0 aliphatic carbocycles. The van der Waals surface area contributed by atoms with Crippen LogP contribution in [0.3, 0.4) is 0 Å². The molecule has 4 aromatic carbocycles. The first-order valence-electron chi connectivity index (χ1n) is 15.1. The largest absolute Gasteiger partial charge is 0.465 e. The van der Waals surface area contributed by atoms with Gasteiger partial charge in [0, 0.05) is 12.5 Å². The van der Waals surface area contributed by atoms with Gasteiger partial charge in [0.15, 0.2) is 0 Å². The third kappa shape index (κ3) is 9.55. The molecule has 0 fully saturated rings. The minimum Gasteiger partial charge on any atom is -0.465 e. The number of hydrogen-bond donors (Lipinski definition) is 1. The Kier molecular flexibility index (Phi) is 11.4. The maximum absolute atomic E-state index is 13.3. The number of carbonyl (C=O) groups is 4. The van der Waals surface area contributed by atoms with Crippen LogP contribution in [-0.4, -0.2) is 37.2 Å². The lowest BCUT2D eigenvalue weighted by Gasteiger charge is -2.17. The van der Waals surface area contributed by atoms with Gasteiger partial charge >= 0.3 is 24.0 Å². The van der Waals surface area contributed by atoms with Gasteiger partial charge < -0.3 is 33.4 Å². The van der Waals surface area contributed by atoms with Gasteiger partial charge in [-0.05, 0) is 53.9 Å². The molecule has 1 atom stereocenters. The van der Waals surface area contributed by atoms with E-state index in [1.807, 2.05) is 36.4 Å². The Bertz CT molecular complexity index is 1970. The Morgan fingerprint density at radius 1 is 0.776 bits per heavy atom. The summed E-state index contributed by atoms with van der Waals surface area (Å²) in [4.78, 5) is 63.2. The molecule has 0 aliphatic rings. The Hall–Kier alpha value is -6.43. The minimum absolute atomic E-state index is 0.0174. The predicted octanol–water partition coefficient (Wildman–Crippen LogP) is 6.10. The zero-order chi connectivity index (χ0) is 34.6. The molecule has 1 aromatic heterocycles. The van der Waals surface area contributed by atoms with Crippen molar-refractivity contribution in [2.75, 3.05) is 7.11 Å². The van der Waals surface area contributed by atoms with Crippen LogP contribution in [0.5, 0.6) is 17.2 Å². The average Bonchev–Trinajstić information content (AvgIpc) is 3.13. The van der Waals surface area contributed by atoms with Gasteiger partial charge in [-0.25, -0.2) is 14.4 Å². The van der Waals surface area contributed by atoms with E-state index >= 15 is 0 Å². The molecule has 0 radical (unpaired) electrons. The van der Waals surface area contributed by atoms with E-state index in [-0.39, 0.29) is 54.3 Å². The van der Waals surface area contributed by atoms with Crippen molar-refractivity contribution in [3.8, 4) is 17.2 Å². The van der Waals surface area contributed by atoms with E-state index in [2.05, 4.69) is 10.1 Å². The fourth-order valence-electron chi connectivity index (χ4n) is 4.54. The first kappa shape index (κ1) is 33.9. The van der Waals surface area contributed by atoms with E-state index < -0.39 is 35.5 Å². The van der Waals surface area contributed by atoms with E-state index in [1.54, 1.807) is 24.3 Å². The van der Waals surface area contributed by atoms with Gasteiger partial charge in [-0.1, -0.05) is 60.7 Å². The number of amides is 1. The zero-order valence-electron chi connectivity index (χ0n) is 26.3. The smallest absolute Gasteiger partial charge is 0.408 e. The molecule has 0 spiro atoms. The van der Waals surface area contributed by atoms with Crippen molar-refractivity contribution in [2.45, 2.75) is 32.1 Å². The lowest BCUT2D eigenvalue weighted by atomic mass is 10.1. The lowest BCUT2D eigenvalue weighted by molar-refractivity contribution is -0.145. The molecule has 0 saturated carbocycles. The quantitative estimate of drug-likeness (QED) is 0.0881. The maximum atomic E-state index is 13.3. The van der Waals surface area contributed by atoms with Crippen molar-refractivity contribution in [1.82, 2.24) is 5.32 Å². The Morgan fingerprint density at radius 2 is 1.41 bits per heavy atom. The van der Waals surface area contributed by atoms with E-state index in [9.17, 15) is 24.0 Å². The van der Waals surface area contributed by atoms with E-state index in [0.29, 0.717) is 5.56 Å². The highest BCUT2D eigenvalue weighted by molar-refractivity contribution is 5.89. The van der Waals surface area contributed by atoms with E-state index in [0.717, 1.165) is 17.4 Å². The summed E-state index contributed by atoms with van der Waals surface area (Å²) in [7, 11) is 1.27. The number of carbonyl (C=O) groups excluding carboxylic acids is 4. The second-order valence-electron chi connectivity index (χ2n) is 10.6. The molecule has 1 heterocycles. The van der Waals surface area contributed by atoms with Crippen LogP contribution < -0.4 is 20.2 Å². The van der Waals surface area contributed by atoms with Gasteiger partial charge in [0.25, 0.3) is 0 Å². The number of hydrogen-bond acceptors (Lipinski definition) is 11. The molecule has 1 unspecified atom stereocenters. The molecular formula is C37H31NO11. The summed E-state index contributed by atoms with van der Waals surface area (Å²) in [5.41, 5.74) is 1.45. The summed E-state index contributed by atoms with van der Waals surface area (Å²) in [5.74, 6) is -1.78. The number of methoxy groups -OCH3 is 1. The molecule has 0 bridgehead atoms. The highest BCUT2D eigenvalue weighted by atomic mass is 16.6. The second-order valence-corrected chi connectivity index (χ2v) is 10.6. The fraction of sp³-hybridized carbons (Fsp3) is 0.162. The number of fused-ring (bicyclic) bond motifs is 1. The second kappa shape index (κ2) is 16.4. The van der Waals surface area contributed by atoms with Crippen LogP contribution in [0.4, 0.5) is 4.79 Å². The van der Waals surface area contributed by atoms with E-state index in [1.165, 1.54) is 49.6 Å². The standard InChI is InChI=1S/C37H31NO11/c1-44-35(41)26-12-14-27(15-13-26)48-32-23-45-31-20-28(16-17-29(31)34(32)40)49-36(42)30(38-37(43)47-22-25-10-6-3-7-11-25)18-19-33(39)46-21-24-8-4-2-5-9-24/h2-17,20,23,30H,18-19,21-22H2,1H3,(H,38,43). The van der Waals surface area contributed by atoms with Gasteiger partial charge in [0.05, 0.1) is 18.1 Å². The summed E-state index contributed by atoms with van der Waals surface area (Å²) in [5, 5.41) is 2.61. The molecule has 0 aliphatic heterocycles. The van der Waals surface area contributed by atoms with Crippen LogP contribution in [0.15, 0.2) is 119 Å². The summed E-state index contributed by atoms with van der Waals surface area (Å²) in [6.07, 6.45) is -0.123. The van der Waals surface area contributed by atoms with Gasteiger partial charge in [0.2, 0.25) is 11.2 Å². The van der Waals surface area contributed by atoms with Crippen molar-refractivity contribution in [1.29, 1.82) is 0 Å². The maximum Gasteiger partial charge on any atom is 0.408 e. The highest BCUT2D eigenvalue weighted by Gasteiger charge is 2.25. The number of esters is 3. The third-order valence-electron chi connectivity index (χ3n) is 7.11. The monoisotopic (exact) mass is 665 g/mol. The molecule has 0 saturated heterocycles. The lowest BCUT2D eigenvalue weighted by Crippen LogP contribution is -2.43. The van der Waals surface area contributed by atoms with Crippen LogP contribution >= 0.6 is 0 Å². The minimum atomic E-state index is -1.28. The van der Waals surface area contributed by atoms with Crippen LogP contribution in [0.25, 0.3) is 11.0 Å². The van der Waals surface area contributed by atoms with E-state index in [4.69, 9.17) is 23.4 Å². The topological polar surface area (TPSA) is 157 Å². The van der Waals surface area contributed by atoms with Gasteiger partial charge in [-0.3, -0.25) is 9.59 Å². The SMILES string of the molecule is COC(=O)c1ccc(Oc2coc3cc(OC(=O)C(CCC(=O)OCc4ccccc4)NC(=O)OCc4ccccc4)ccc3c2=O)cc1. The summed E-state index contributed by atoms with van der Waals surface area (Å²) < 4.78 is 32.0. The Balaban J connectivity index is 1.25. The number of rotatable bonds is 13. The molecule has 49 heavy (non-hydrogen) atoms. The number of nitrogens with one attached hydrogen (secondary N) is 1.